The minimum absolute atomic E-state index is 0.234. The van der Waals surface area contributed by atoms with Crippen molar-refractivity contribution >= 4 is 12.1 Å². The van der Waals surface area contributed by atoms with Crippen LogP contribution < -0.4 is 21.3 Å². The molecule has 6 heteroatoms. The minimum atomic E-state index is -0.306. The first-order valence-electron chi connectivity index (χ1n) is 4.14. The summed E-state index contributed by atoms with van der Waals surface area (Å²) in [6.07, 6.45) is -0.611. The fraction of sp³-hybridized carbons (Fsp3) is 0.714. The second-order valence-corrected chi connectivity index (χ2v) is 3.92. The zero-order valence-electron chi connectivity index (χ0n) is 7.47. The van der Waals surface area contributed by atoms with Gasteiger partial charge in [-0.3, -0.25) is 0 Å². The van der Waals surface area contributed by atoms with Crippen molar-refractivity contribution in [1.29, 1.82) is 0 Å². The van der Waals surface area contributed by atoms with Gasteiger partial charge in [-0.25, -0.2) is 9.59 Å². The van der Waals surface area contributed by atoms with Crippen molar-refractivity contribution in [3.05, 3.63) is 0 Å². The molecule has 0 saturated carbocycles. The van der Waals surface area contributed by atoms with Gasteiger partial charge in [0.2, 0.25) is 0 Å². The number of carbonyl (C=O) groups is 2. The zero-order valence-corrected chi connectivity index (χ0v) is 7.47. The normalized spacial score (nSPS) is 35.2. The van der Waals surface area contributed by atoms with E-state index in [4.69, 9.17) is 0 Å². The Morgan fingerprint density at radius 1 is 0.923 bits per heavy atom. The largest absolute Gasteiger partial charge is 0.318 e. The molecule has 0 aromatic rings. The average molecular weight is 184 g/mol. The Kier molecular flexibility index (Phi) is 1.43. The van der Waals surface area contributed by atoms with Crippen LogP contribution in [0.15, 0.2) is 0 Å². The lowest BCUT2D eigenvalue weighted by atomic mass is 9.82. The van der Waals surface area contributed by atoms with E-state index in [9.17, 15) is 9.59 Å². The Balaban J connectivity index is 2.28. The summed E-state index contributed by atoms with van der Waals surface area (Å²) in [4.78, 5) is 22.1. The quantitative estimate of drug-likeness (QED) is 0.401. The molecule has 0 unspecified atom stereocenters. The predicted octanol–water partition coefficient (Wildman–Crippen LogP) is -0.710. The molecule has 0 atom stereocenters. The minimum Gasteiger partial charge on any atom is -0.317 e. The fourth-order valence-corrected chi connectivity index (χ4v) is 1.59. The summed E-state index contributed by atoms with van der Waals surface area (Å²) in [5.74, 6) is 0. The molecule has 2 fully saturated rings. The number of carbonyl (C=O) groups excluding carboxylic acids is 2. The number of rotatable bonds is 0. The molecule has 13 heavy (non-hydrogen) atoms. The van der Waals surface area contributed by atoms with Crippen LogP contribution in [-0.2, 0) is 0 Å². The van der Waals surface area contributed by atoms with Crippen molar-refractivity contribution in [1.82, 2.24) is 21.3 Å². The van der Waals surface area contributed by atoms with Gasteiger partial charge in [-0.05, 0) is 0 Å². The van der Waals surface area contributed by atoms with Gasteiger partial charge in [-0.15, -0.1) is 0 Å². The Labute approximate surface area is 75.4 Å². The third-order valence-electron chi connectivity index (χ3n) is 2.59. The van der Waals surface area contributed by atoms with Gasteiger partial charge in [0.25, 0.3) is 0 Å². The monoisotopic (exact) mass is 184 g/mol. The molecular formula is C7H12N4O2. The van der Waals surface area contributed by atoms with Gasteiger partial charge in [0, 0.05) is 5.41 Å². The van der Waals surface area contributed by atoms with Crippen LogP contribution in [-0.4, -0.2) is 24.4 Å². The van der Waals surface area contributed by atoms with Crippen LogP contribution in [0.25, 0.3) is 0 Å². The van der Waals surface area contributed by atoms with E-state index < -0.39 is 0 Å². The predicted molar refractivity (Wildman–Crippen MR) is 44.7 cm³/mol. The van der Waals surface area contributed by atoms with Crippen molar-refractivity contribution in [3.63, 3.8) is 0 Å². The maximum absolute atomic E-state index is 11.1. The van der Waals surface area contributed by atoms with Gasteiger partial charge in [0.1, 0.15) is 12.3 Å². The molecule has 4 amide bonds. The summed E-state index contributed by atoms with van der Waals surface area (Å²) < 4.78 is 0. The van der Waals surface area contributed by atoms with Crippen LogP contribution >= 0.6 is 0 Å². The number of urea groups is 2. The second-order valence-electron chi connectivity index (χ2n) is 3.92. The molecular weight excluding hydrogens is 172 g/mol. The first-order valence-corrected chi connectivity index (χ1v) is 4.14. The Morgan fingerprint density at radius 3 is 1.54 bits per heavy atom. The van der Waals surface area contributed by atoms with Crippen LogP contribution in [0.1, 0.15) is 13.8 Å². The molecule has 2 saturated heterocycles. The highest BCUT2D eigenvalue weighted by Gasteiger charge is 2.48. The number of nitrogens with one attached hydrogen (secondary N) is 4. The van der Waals surface area contributed by atoms with E-state index >= 15 is 0 Å². The molecule has 2 heterocycles. The van der Waals surface area contributed by atoms with Crippen LogP contribution in [0.4, 0.5) is 9.59 Å². The standard InChI is InChI=1S/C7H12N4O2/c1-7(2)3-8-5(12)10-4(7)11-6(13)9-3/h3-4H,1-2H3,(H2,8,10,12)(H2,9,11,13). The van der Waals surface area contributed by atoms with E-state index in [1.165, 1.54) is 0 Å². The van der Waals surface area contributed by atoms with Crippen molar-refractivity contribution < 1.29 is 9.59 Å². The van der Waals surface area contributed by atoms with Crippen LogP contribution in [0, 0.1) is 5.41 Å². The summed E-state index contributed by atoms with van der Waals surface area (Å²) in [6, 6.07) is -0.524. The van der Waals surface area contributed by atoms with Crippen LogP contribution in [0.2, 0.25) is 0 Å². The third kappa shape index (κ3) is 1.09. The fourth-order valence-electron chi connectivity index (χ4n) is 1.59. The van der Waals surface area contributed by atoms with Crippen LogP contribution in [0.5, 0.6) is 0 Å². The highest BCUT2D eigenvalue weighted by Crippen LogP contribution is 2.27. The van der Waals surface area contributed by atoms with Crippen molar-refractivity contribution in [2.24, 2.45) is 5.41 Å². The summed E-state index contributed by atoms with van der Waals surface area (Å²) >= 11 is 0. The summed E-state index contributed by atoms with van der Waals surface area (Å²) in [6.45, 7) is 3.92. The molecule has 2 rings (SSSR count). The lowest BCUT2D eigenvalue weighted by Crippen LogP contribution is -2.78. The summed E-state index contributed by atoms with van der Waals surface area (Å²) in [7, 11) is 0. The smallest absolute Gasteiger partial charge is 0.317 e. The molecule has 0 spiro atoms. The van der Waals surface area contributed by atoms with E-state index in [-0.39, 0.29) is 29.8 Å². The molecule has 72 valence electrons. The van der Waals surface area contributed by atoms with Crippen molar-refractivity contribution in [3.8, 4) is 0 Å². The van der Waals surface area contributed by atoms with Crippen molar-refractivity contribution in [2.45, 2.75) is 26.2 Å². The molecule has 2 aliphatic rings. The van der Waals surface area contributed by atoms with Gasteiger partial charge < -0.3 is 21.3 Å². The summed E-state index contributed by atoms with van der Waals surface area (Å²) in [5, 5.41) is 10.6. The maximum atomic E-state index is 11.1. The van der Waals surface area contributed by atoms with E-state index in [1.54, 1.807) is 0 Å². The van der Waals surface area contributed by atoms with Crippen molar-refractivity contribution in [2.75, 3.05) is 0 Å². The lowest BCUT2D eigenvalue weighted by molar-refractivity contribution is 0.0811. The number of hydrogen-bond acceptors (Lipinski definition) is 2. The Bertz CT molecular complexity index is 234. The average Bonchev–Trinajstić information content (AvgIpc) is 1.95. The zero-order chi connectivity index (χ0) is 9.64. The van der Waals surface area contributed by atoms with Gasteiger partial charge in [0.05, 0.1) is 0 Å². The highest BCUT2D eigenvalue weighted by atomic mass is 16.2. The lowest BCUT2D eigenvalue weighted by Gasteiger charge is -2.49. The molecule has 4 N–H and O–H groups in total. The third-order valence-corrected chi connectivity index (χ3v) is 2.59. The van der Waals surface area contributed by atoms with E-state index in [1.807, 2.05) is 13.8 Å². The van der Waals surface area contributed by atoms with E-state index in [0.29, 0.717) is 0 Å². The summed E-state index contributed by atoms with van der Waals surface area (Å²) in [5.41, 5.74) is -0.234. The van der Waals surface area contributed by atoms with Gasteiger partial charge in [-0.1, -0.05) is 13.8 Å². The van der Waals surface area contributed by atoms with Gasteiger partial charge >= 0.3 is 12.1 Å². The second kappa shape index (κ2) is 2.27. The molecule has 6 nitrogen and oxygen atoms in total. The Morgan fingerprint density at radius 2 is 1.23 bits per heavy atom. The molecule has 0 aromatic carbocycles. The van der Waals surface area contributed by atoms with Gasteiger partial charge in [0.15, 0.2) is 0 Å². The molecule has 0 aliphatic carbocycles. The number of hydrogen-bond donors (Lipinski definition) is 4. The first-order chi connectivity index (χ1) is 6.00. The number of amides is 4. The van der Waals surface area contributed by atoms with Crippen LogP contribution in [0.3, 0.4) is 0 Å². The molecule has 2 bridgehead atoms. The van der Waals surface area contributed by atoms with Gasteiger partial charge in [-0.2, -0.15) is 0 Å². The van der Waals surface area contributed by atoms with E-state index in [2.05, 4.69) is 21.3 Å². The maximum Gasteiger partial charge on any atom is 0.318 e. The molecule has 2 aliphatic heterocycles. The molecule has 0 aromatic heterocycles. The van der Waals surface area contributed by atoms with E-state index in [0.717, 1.165) is 0 Å². The SMILES string of the molecule is CC1(C)C2NC(=O)NC1NC(=O)N2. The first kappa shape index (κ1) is 8.15. The highest BCUT2D eigenvalue weighted by molar-refractivity contribution is 5.82. The topological polar surface area (TPSA) is 82.3 Å². The Hall–Kier alpha value is -1.46. The molecule has 0 radical (unpaired) electrons. The number of fused-ring (bicyclic) bond motifs is 2.